The highest BCUT2D eigenvalue weighted by Gasteiger charge is 2.29. The van der Waals surface area contributed by atoms with E-state index in [9.17, 15) is 4.79 Å². The van der Waals surface area contributed by atoms with Gasteiger partial charge in [0.05, 0.1) is 18.6 Å². The molecule has 0 spiro atoms. The number of carbonyl (C=O) groups is 1. The van der Waals surface area contributed by atoms with Crippen molar-refractivity contribution in [2.24, 2.45) is 0 Å². The van der Waals surface area contributed by atoms with Crippen LogP contribution in [0.25, 0.3) is 0 Å². The molecule has 1 unspecified atom stereocenters. The van der Waals surface area contributed by atoms with E-state index >= 15 is 0 Å². The van der Waals surface area contributed by atoms with Crippen molar-refractivity contribution in [3.05, 3.63) is 24.2 Å². The molecule has 1 amide bonds. The molecule has 1 fully saturated rings. The van der Waals surface area contributed by atoms with Crippen molar-refractivity contribution in [1.82, 2.24) is 4.90 Å². The van der Waals surface area contributed by atoms with Crippen molar-refractivity contribution >= 4 is 30.3 Å². The van der Waals surface area contributed by atoms with Gasteiger partial charge in [-0.25, -0.2) is 0 Å². The van der Waals surface area contributed by atoms with Gasteiger partial charge in [0.15, 0.2) is 0 Å². The molecule has 1 aliphatic heterocycles. The first-order valence-corrected chi connectivity index (χ1v) is 5.45. The normalized spacial score (nSPS) is 22.7. The predicted molar refractivity (Wildman–Crippen MR) is 54.5 cm³/mol. The first-order valence-electron chi connectivity index (χ1n) is 3.89. The van der Waals surface area contributed by atoms with Crippen LogP contribution in [0.1, 0.15) is 5.76 Å². The summed E-state index contributed by atoms with van der Waals surface area (Å²) in [6, 6.07) is 3.67. The molecule has 0 N–H and O–H groups in total. The van der Waals surface area contributed by atoms with Gasteiger partial charge in [-0.1, -0.05) is 0 Å². The van der Waals surface area contributed by atoms with E-state index in [1.807, 2.05) is 12.1 Å². The minimum absolute atomic E-state index is 0.0300. The third-order valence-corrected chi connectivity index (χ3v) is 3.54. The lowest BCUT2D eigenvalue weighted by atomic mass is 10.4. The first-order chi connectivity index (χ1) is 6.27. The minimum Gasteiger partial charge on any atom is -0.467 e. The quantitative estimate of drug-likeness (QED) is 0.760. The molecule has 70 valence electrons. The lowest BCUT2D eigenvalue weighted by molar-refractivity contribution is -0.127. The Labute approximate surface area is 85.9 Å². The second-order valence-corrected chi connectivity index (χ2v) is 4.65. The summed E-state index contributed by atoms with van der Waals surface area (Å²) in [4.78, 5) is 13.0. The third kappa shape index (κ3) is 1.86. The van der Waals surface area contributed by atoms with Crippen LogP contribution >= 0.6 is 24.4 Å². The molecule has 1 aromatic rings. The van der Waals surface area contributed by atoms with Crippen LogP contribution in [0.4, 0.5) is 0 Å². The number of rotatable bonds is 2. The van der Waals surface area contributed by atoms with E-state index in [1.54, 1.807) is 11.2 Å². The van der Waals surface area contributed by atoms with E-state index in [-0.39, 0.29) is 10.6 Å². The number of furan rings is 1. The Kier molecular flexibility index (Phi) is 2.55. The molecular formula is C8H9NO2S2. The number of hydrogen-bond acceptors (Lipinski definition) is 4. The molecule has 1 aromatic heterocycles. The second kappa shape index (κ2) is 3.67. The summed E-state index contributed by atoms with van der Waals surface area (Å²) in [7, 11) is 0. The molecule has 13 heavy (non-hydrogen) atoms. The Morgan fingerprint density at radius 1 is 1.77 bits per heavy atom. The van der Waals surface area contributed by atoms with Crippen molar-refractivity contribution in [2.45, 2.75) is 11.3 Å². The number of amides is 1. The Balaban J connectivity index is 2.05. The molecule has 0 saturated carbocycles. The van der Waals surface area contributed by atoms with Gasteiger partial charge in [-0.15, -0.1) is 24.4 Å². The maximum atomic E-state index is 11.3. The predicted octanol–water partition coefficient (Wildman–Crippen LogP) is 1.57. The SMILES string of the molecule is O=C1CSC(S)N1Cc1ccco1. The van der Waals surface area contributed by atoms with Crippen LogP contribution < -0.4 is 0 Å². The van der Waals surface area contributed by atoms with E-state index < -0.39 is 0 Å². The van der Waals surface area contributed by atoms with Crippen LogP contribution in [0, 0.1) is 0 Å². The summed E-state index contributed by atoms with van der Waals surface area (Å²) in [6.07, 6.45) is 1.61. The van der Waals surface area contributed by atoms with Crippen molar-refractivity contribution in [3.63, 3.8) is 0 Å². The third-order valence-electron chi connectivity index (χ3n) is 1.85. The van der Waals surface area contributed by atoms with Gasteiger partial charge in [0.25, 0.3) is 0 Å². The number of nitrogens with zero attached hydrogens (tertiary/aromatic N) is 1. The van der Waals surface area contributed by atoms with Gasteiger partial charge < -0.3 is 9.32 Å². The van der Waals surface area contributed by atoms with E-state index in [1.165, 1.54) is 11.8 Å². The number of carbonyl (C=O) groups excluding carboxylic acids is 1. The maximum Gasteiger partial charge on any atom is 0.234 e. The second-order valence-electron chi connectivity index (χ2n) is 2.74. The van der Waals surface area contributed by atoms with Crippen molar-refractivity contribution in [3.8, 4) is 0 Å². The number of thioether (sulfide) groups is 1. The van der Waals surface area contributed by atoms with E-state index in [4.69, 9.17) is 4.42 Å². The first kappa shape index (κ1) is 9.02. The smallest absolute Gasteiger partial charge is 0.234 e. The lowest BCUT2D eigenvalue weighted by Gasteiger charge is -2.17. The van der Waals surface area contributed by atoms with Gasteiger partial charge in [-0.05, 0) is 12.1 Å². The fraction of sp³-hybridized carbons (Fsp3) is 0.375. The van der Waals surface area contributed by atoms with Crippen molar-refractivity contribution in [2.75, 3.05) is 5.75 Å². The molecule has 1 saturated heterocycles. The van der Waals surface area contributed by atoms with Gasteiger partial charge in [0.1, 0.15) is 10.5 Å². The summed E-state index contributed by atoms with van der Waals surface area (Å²) in [5, 5.41) is 0. The van der Waals surface area contributed by atoms with Crippen LogP contribution in [0.5, 0.6) is 0 Å². The topological polar surface area (TPSA) is 33.5 Å². The highest BCUT2D eigenvalue weighted by Crippen LogP contribution is 2.28. The summed E-state index contributed by atoms with van der Waals surface area (Å²) in [5.41, 5.74) is 0. The molecule has 5 heteroatoms. The van der Waals surface area contributed by atoms with Crippen LogP contribution in [0.15, 0.2) is 22.8 Å². The minimum atomic E-state index is -0.0300. The van der Waals surface area contributed by atoms with Crippen molar-refractivity contribution < 1.29 is 9.21 Å². The molecular weight excluding hydrogens is 206 g/mol. The molecule has 0 radical (unpaired) electrons. The van der Waals surface area contributed by atoms with Crippen LogP contribution in [0.2, 0.25) is 0 Å². The molecule has 0 aromatic carbocycles. The fourth-order valence-corrected chi connectivity index (χ4v) is 2.44. The Morgan fingerprint density at radius 3 is 3.15 bits per heavy atom. The monoisotopic (exact) mass is 215 g/mol. The summed E-state index contributed by atoms with van der Waals surface area (Å²) in [6.45, 7) is 0.521. The largest absolute Gasteiger partial charge is 0.467 e. The van der Waals surface area contributed by atoms with Gasteiger partial charge in [-0.3, -0.25) is 4.79 Å². The van der Waals surface area contributed by atoms with Gasteiger partial charge in [0.2, 0.25) is 5.91 Å². The average Bonchev–Trinajstić information content (AvgIpc) is 2.70. The molecule has 2 rings (SSSR count). The molecule has 0 aliphatic carbocycles. The zero-order valence-corrected chi connectivity index (χ0v) is 8.55. The summed E-state index contributed by atoms with van der Waals surface area (Å²) < 4.78 is 5.12. The highest BCUT2D eigenvalue weighted by atomic mass is 32.2. The van der Waals surface area contributed by atoms with E-state index in [0.29, 0.717) is 12.3 Å². The molecule has 1 atom stereocenters. The molecule has 1 aliphatic rings. The Hall–Kier alpha value is -0.550. The zero-order valence-electron chi connectivity index (χ0n) is 6.84. The number of hydrogen-bond donors (Lipinski definition) is 1. The van der Waals surface area contributed by atoms with E-state index in [2.05, 4.69) is 12.6 Å². The molecule has 2 heterocycles. The summed E-state index contributed by atoms with van der Waals surface area (Å²) >= 11 is 5.82. The lowest BCUT2D eigenvalue weighted by Crippen LogP contribution is -2.28. The highest BCUT2D eigenvalue weighted by molar-refractivity contribution is 8.11. The Morgan fingerprint density at radius 2 is 2.62 bits per heavy atom. The maximum absolute atomic E-state index is 11.3. The summed E-state index contributed by atoms with van der Waals surface area (Å²) in [5.74, 6) is 1.45. The molecule has 3 nitrogen and oxygen atoms in total. The zero-order chi connectivity index (χ0) is 9.26. The van der Waals surface area contributed by atoms with E-state index in [0.717, 1.165) is 5.76 Å². The van der Waals surface area contributed by atoms with Crippen LogP contribution in [0.3, 0.4) is 0 Å². The van der Waals surface area contributed by atoms with Crippen molar-refractivity contribution in [1.29, 1.82) is 0 Å². The standard InChI is InChI=1S/C8H9NO2S2/c10-7-5-13-8(12)9(7)4-6-2-1-3-11-6/h1-3,8,12H,4-5H2. The fourth-order valence-electron chi connectivity index (χ4n) is 1.18. The van der Waals surface area contributed by atoms with Gasteiger partial charge in [-0.2, -0.15) is 0 Å². The molecule has 0 bridgehead atoms. The Bertz CT molecular complexity index is 299. The van der Waals surface area contributed by atoms with Gasteiger partial charge >= 0.3 is 0 Å². The van der Waals surface area contributed by atoms with Crippen LogP contribution in [-0.2, 0) is 11.3 Å². The van der Waals surface area contributed by atoms with Crippen LogP contribution in [-0.4, -0.2) is 21.3 Å². The van der Waals surface area contributed by atoms with Gasteiger partial charge in [0, 0.05) is 0 Å². The average molecular weight is 215 g/mol. The number of thiol groups is 1.